The van der Waals surface area contributed by atoms with E-state index in [4.69, 9.17) is 0 Å². The van der Waals surface area contributed by atoms with Crippen molar-refractivity contribution in [3.8, 4) is 0 Å². The average Bonchev–Trinajstić information content (AvgIpc) is 2.36. The Labute approximate surface area is 214 Å². The fraction of sp³-hybridized carbons (Fsp3) is 0.826. The maximum atomic E-state index is 9.53. The molecule has 0 atom stereocenters. The number of hydrogen-bond acceptors (Lipinski definition) is 6. The van der Waals surface area contributed by atoms with Gasteiger partial charge in [-0.1, -0.05) is 89.2 Å². The van der Waals surface area contributed by atoms with Gasteiger partial charge in [0.15, 0.2) is 0 Å². The van der Waals surface area contributed by atoms with E-state index in [1.165, 1.54) is 0 Å². The molecule has 0 aliphatic rings. The van der Waals surface area contributed by atoms with Gasteiger partial charge in [0.25, 0.3) is 0 Å². The van der Waals surface area contributed by atoms with Crippen LogP contribution in [0.25, 0.3) is 0 Å². The summed E-state index contributed by atoms with van der Waals surface area (Å²) in [6, 6.07) is 0. The number of allylic oxidation sites excluding steroid dienone is 1. The Morgan fingerprint density at radius 2 is 0.452 bits per heavy atom. The summed E-state index contributed by atoms with van der Waals surface area (Å²) < 4.78 is 0. The summed E-state index contributed by atoms with van der Waals surface area (Å²) >= 11 is 0. The minimum absolute atomic E-state index is 0. The molecule has 0 amide bonds. The van der Waals surface area contributed by atoms with Gasteiger partial charge in [-0.25, -0.2) is 0 Å². The SMILES string of the molecule is C=C.C=CC.CC(C)[O-].CC(C)[O-].CC(C)[O-].CC(C)[O-].CC(C)[O-].CC(C)[O-].[OH4+2].[Zr+4]. The van der Waals surface area contributed by atoms with Gasteiger partial charge in [0.1, 0.15) is 0 Å². The van der Waals surface area contributed by atoms with Crippen LogP contribution in [-0.4, -0.2) is 36.6 Å². The Morgan fingerprint density at radius 1 is 0.452 bits per heavy atom. The van der Waals surface area contributed by atoms with Crippen molar-refractivity contribution in [1.82, 2.24) is 0 Å². The Hall–Kier alpha value is 0.0831. The molecule has 0 aromatic carbocycles. The Kier molecular flexibility index (Phi) is 143. The van der Waals surface area contributed by atoms with Crippen molar-refractivity contribution in [3.05, 3.63) is 25.8 Å². The van der Waals surface area contributed by atoms with E-state index in [1.54, 1.807) is 89.2 Å². The number of rotatable bonds is 0. The van der Waals surface area contributed by atoms with Crippen molar-refractivity contribution >= 4 is 0 Å². The molecule has 0 bridgehead atoms. The second-order valence-electron chi connectivity index (χ2n) is 6.70. The summed E-state index contributed by atoms with van der Waals surface area (Å²) in [7, 11) is 0. The summed E-state index contributed by atoms with van der Waals surface area (Å²) in [5.41, 5.74) is 0. The fourth-order valence-electron chi connectivity index (χ4n) is 0. The summed E-state index contributed by atoms with van der Waals surface area (Å²) in [5.74, 6) is 0. The minimum Gasteiger partial charge on any atom is -0.873 e. The number of hydrogen-bond donors (Lipinski definition) is 0. The van der Waals surface area contributed by atoms with Gasteiger partial charge < -0.3 is 36.1 Å². The van der Waals surface area contributed by atoms with Crippen molar-refractivity contribution in [2.45, 2.75) is 127 Å². The van der Waals surface area contributed by atoms with Crippen LogP contribution < -0.4 is 30.6 Å². The molecule has 0 aliphatic carbocycles. The van der Waals surface area contributed by atoms with E-state index in [0.29, 0.717) is 0 Å². The van der Waals surface area contributed by atoms with Crippen molar-refractivity contribution in [3.63, 3.8) is 0 Å². The Balaban J connectivity index is -0.0000000203. The molecule has 0 aromatic rings. The second-order valence-corrected chi connectivity index (χ2v) is 6.70. The van der Waals surface area contributed by atoms with Gasteiger partial charge in [0, 0.05) is 0 Å². The minimum atomic E-state index is -0.417. The molecule has 0 fully saturated rings. The van der Waals surface area contributed by atoms with E-state index >= 15 is 0 Å². The molecule has 194 valence electrons. The van der Waals surface area contributed by atoms with Crippen LogP contribution in [0.2, 0.25) is 0 Å². The zero-order valence-corrected chi connectivity index (χ0v) is 25.3. The molecule has 0 saturated carbocycles. The van der Waals surface area contributed by atoms with E-state index in [-0.39, 0.29) is 31.7 Å². The second kappa shape index (κ2) is 69.9. The Morgan fingerprint density at radius 3 is 0.452 bits per heavy atom. The van der Waals surface area contributed by atoms with Crippen molar-refractivity contribution < 1.29 is 62.3 Å². The van der Waals surface area contributed by atoms with Gasteiger partial charge in [0.2, 0.25) is 0 Å². The monoisotopic (exact) mass is 534 g/mol. The van der Waals surface area contributed by atoms with E-state index < -0.39 is 36.6 Å². The summed E-state index contributed by atoms with van der Waals surface area (Å²) in [5, 5.41) is 57.2. The average molecular weight is 536 g/mol. The first kappa shape index (κ1) is 63.3. The van der Waals surface area contributed by atoms with Crippen molar-refractivity contribution in [1.29, 1.82) is 0 Å². The van der Waals surface area contributed by atoms with Crippen molar-refractivity contribution in [2.75, 3.05) is 0 Å². The largest absolute Gasteiger partial charge is 4.00 e. The first-order chi connectivity index (χ1) is 12.8. The van der Waals surface area contributed by atoms with E-state index in [9.17, 15) is 30.6 Å². The van der Waals surface area contributed by atoms with Crippen LogP contribution in [0.1, 0.15) is 90.0 Å². The van der Waals surface area contributed by atoms with Gasteiger partial charge in [-0.05, 0) is 6.92 Å². The predicted octanol–water partition coefficient (Wildman–Crippen LogP) is -0.667. The van der Waals surface area contributed by atoms with E-state index in [1.807, 2.05) is 6.92 Å². The first-order valence-corrected chi connectivity index (χ1v) is 9.83. The van der Waals surface area contributed by atoms with Gasteiger partial charge >= 0.3 is 26.2 Å². The maximum Gasteiger partial charge on any atom is 4.00 e. The van der Waals surface area contributed by atoms with Crippen molar-refractivity contribution in [2.24, 2.45) is 0 Å². The molecule has 0 saturated heterocycles. The van der Waals surface area contributed by atoms with E-state index in [2.05, 4.69) is 19.7 Å². The van der Waals surface area contributed by atoms with E-state index in [0.717, 1.165) is 0 Å². The van der Waals surface area contributed by atoms with Crippen LogP contribution in [0.15, 0.2) is 25.8 Å². The third-order valence-corrected chi connectivity index (χ3v) is 0. The normalized spacial score (nSPS) is 7.52. The molecule has 0 unspecified atom stereocenters. The molecular weight excluding hydrogens is 479 g/mol. The molecule has 0 spiro atoms. The van der Waals surface area contributed by atoms with Crippen LogP contribution in [0, 0.1) is 0 Å². The van der Waals surface area contributed by atoms with Gasteiger partial charge in [-0.2, -0.15) is 0 Å². The van der Waals surface area contributed by atoms with Crippen LogP contribution in [0.3, 0.4) is 0 Å². The summed E-state index contributed by atoms with van der Waals surface area (Å²) in [6.45, 7) is 30.6. The standard InChI is InChI=1S/6C3H7O.C3H6.C2H4.H4O.Zr/c6*1-3(2)4;1-3-2;1-2;;/h6*3H,1-2H3;3H,1H2,2H3;1-2H2;1H4;/q6*-1;;;+2;+4. The smallest absolute Gasteiger partial charge is 0.873 e. The first-order valence-electron chi connectivity index (χ1n) is 9.83. The third kappa shape index (κ3) is 3430000. The zero-order chi connectivity index (χ0) is 26.2. The molecule has 0 aromatic heterocycles. The summed E-state index contributed by atoms with van der Waals surface area (Å²) in [6.07, 6.45) is -0.750. The molecule has 0 aliphatic heterocycles. The van der Waals surface area contributed by atoms with Gasteiger partial charge in [-0.3, -0.25) is 0 Å². The topological polar surface area (TPSA) is 173 Å². The molecule has 8 heteroatoms. The van der Waals surface area contributed by atoms with Gasteiger partial charge in [-0.15, -0.1) is 56.4 Å². The van der Waals surface area contributed by atoms with Crippen LogP contribution in [0.5, 0.6) is 0 Å². The quantitative estimate of drug-likeness (QED) is 0.372. The zero-order valence-electron chi connectivity index (χ0n) is 22.8. The molecular formula is C23H56O7Zr. The van der Waals surface area contributed by atoms with Crippen LogP contribution in [-0.2, 0) is 31.7 Å². The van der Waals surface area contributed by atoms with Crippen LogP contribution in [0.4, 0.5) is 0 Å². The van der Waals surface area contributed by atoms with Crippen LogP contribution >= 0.6 is 0 Å². The fourth-order valence-corrected chi connectivity index (χ4v) is 0. The predicted molar refractivity (Wildman–Crippen MR) is 124 cm³/mol. The molecule has 31 heavy (non-hydrogen) atoms. The third-order valence-electron chi connectivity index (χ3n) is 0. The molecule has 0 rings (SSSR count). The van der Waals surface area contributed by atoms with Gasteiger partial charge in [0.05, 0.1) is 0 Å². The molecule has 0 heterocycles. The molecule has 0 radical (unpaired) electrons. The molecule has 7 nitrogen and oxygen atoms in total. The summed E-state index contributed by atoms with van der Waals surface area (Å²) in [4.78, 5) is 0. The molecule has 4 N–H and O–H groups in total. The maximum absolute atomic E-state index is 9.53. The Bertz CT molecular complexity index is 149.